The SMILES string of the molecule is CCC[C@@H](OC(C)=O)[C@H](C)[N+](=O)[O-]. The summed E-state index contributed by atoms with van der Waals surface area (Å²) in [6.07, 6.45) is 0.690. The van der Waals surface area contributed by atoms with Gasteiger partial charge in [-0.1, -0.05) is 13.3 Å². The van der Waals surface area contributed by atoms with E-state index >= 15 is 0 Å². The Morgan fingerprint density at radius 1 is 1.62 bits per heavy atom. The first kappa shape index (κ1) is 11.9. The second-order valence-electron chi connectivity index (χ2n) is 2.96. The van der Waals surface area contributed by atoms with E-state index in [0.29, 0.717) is 6.42 Å². The van der Waals surface area contributed by atoms with Crippen LogP contribution in [0.15, 0.2) is 0 Å². The molecule has 0 rings (SSSR count). The van der Waals surface area contributed by atoms with Gasteiger partial charge in [-0.25, -0.2) is 0 Å². The lowest BCUT2D eigenvalue weighted by Gasteiger charge is -2.16. The van der Waals surface area contributed by atoms with Crippen molar-refractivity contribution in [1.82, 2.24) is 0 Å². The average Bonchev–Trinajstić information content (AvgIpc) is 2.01. The minimum atomic E-state index is -0.830. The van der Waals surface area contributed by atoms with Gasteiger partial charge in [0.15, 0.2) is 6.10 Å². The van der Waals surface area contributed by atoms with Gasteiger partial charge in [-0.15, -0.1) is 0 Å². The maximum atomic E-state index is 10.6. The molecule has 0 fully saturated rings. The van der Waals surface area contributed by atoms with Gasteiger partial charge >= 0.3 is 5.97 Å². The molecular weight excluding hydrogens is 174 g/mol. The van der Waals surface area contributed by atoms with Crippen LogP contribution in [0.2, 0.25) is 0 Å². The molecule has 2 atom stereocenters. The number of carbonyl (C=O) groups excluding carboxylic acids is 1. The standard InChI is InChI=1S/C8H15NO4/c1-4-5-8(13-7(3)10)6(2)9(11)12/h6,8H,4-5H2,1-3H3/t6-,8+/m0/s1. The van der Waals surface area contributed by atoms with Gasteiger partial charge in [0.25, 0.3) is 0 Å². The second kappa shape index (κ2) is 5.50. The highest BCUT2D eigenvalue weighted by Gasteiger charge is 2.28. The number of rotatable bonds is 5. The highest BCUT2D eigenvalue weighted by Crippen LogP contribution is 2.09. The first-order valence-electron chi connectivity index (χ1n) is 4.29. The van der Waals surface area contributed by atoms with E-state index in [9.17, 15) is 14.9 Å². The summed E-state index contributed by atoms with van der Waals surface area (Å²) in [4.78, 5) is 20.6. The van der Waals surface area contributed by atoms with Crippen molar-refractivity contribution in [2.24, 2.45) is 0 Å². The van der Waals surface area contributed by atoms with Crippen molar-refractivity contribution in [3.63, 3.8) is 0 Å². The highest BCUT2D eigenvalue weighted by molar-refractivity contribution is 5.66. The Labute approximate surface area is 77.2 Å². The van der Waals surface area contributed by atoms with Crippen molar-refractivity contribution in [2.45, 2.75) is 45.8 Å². The van der Waals surface area contributed by atoms with Crippen LogP contribution in [-0.4, -0.2) is 23.0 Å². The third kappa shape index (κ3) is 4.45. The van der Waals surface area contributed by atoms with Gasteiger partial charge in [0, 0.05) is 18.8 Å². The maximum absolute atomic E-state index is 10.6. The molecular formula is C8H15NO4. The van der Waals surface area contributed by atoms with Crippen LogP contribution >= 0.6 is 0 Å². The minimum Gasteiger partial charge on any atom is -0.455 e. The molecule has 0 saturated carbocycles. The molecule has 5 heteroatoms. The zero-order valence-electron chi connectivity index (χ0n) is 8.15. The molecule has 0 aliphatic rings. The number of nitro groups is 1. The van der Waals surface area contributed by atoms with Gasteiger partial charge in [0.1, 0.15) is 0 Å². The molecule has 0 radical (unpaired) electrons. The Kier molecular flexibility index (Phi) is 5.03. The molecule has 0 aromatic carbocycles. The van der Waals surface area contributed by atoms with Crippen LogP contribution < -0.4 is 0 Å². The van der Waals surface area contributed by atoms with Gasteiger partial charge < -0.3 is 4.74 Å². The minimum absolute atomic E-state index is 0.427. The topological polar surface area (TPSA) is 69.4 Å². The van der Waals surface area contributed by atoms with Crippen molar-refractivity contribution >= 4 is 5.97 Å². The number of hydrogen-bond acceptors (Lipinski definition) is 4. The largest absolute Gasteiger partial charge is 0.455 e. The van der Waals surface area contributed by atoms with Gasteiger partial charge in [0.2, 0.25) is 6.04 Å². The van der Waals surface area contributed by atoms with Crippen molar-refractivity contribution < 1.29 is 14.5 Å². The van der Waals surface area contributed by atoms with E-state index in [1.165, 1.54) is 13.8 Å². The zero-order valence-corrected chi connectivity index (χ0v) is 8.15. The highest BCUT2D eigenvalue weighted by atomic mass is 16.6. The lowest BCUT2D eigenvalue weighted by Crippen LogP contribution is -2.34. The predicted octanol–water partition coefficient (Wildman–Crippen LogP) is 1.38. The fraction of sp³-hybridized carbons (Fsp3) is 0.875. The molecule has 0 spiro atoms. The number of carbonyl (C=O) groups is 1. The summed E-state index contributed by atoms with van der Waals surface area (Å²) < 4.78 is 4.83. The zero-order chi connectivity index (χ0) is 10.4. The molecule has 0 bridgehead atoms. The second-order valence-corrected chi connectivity index (χ2v) is 2.96. The summed E-state index contributed by atoms with van der Waals surface area (Å²) in [6.45, 7) is 4.60. The van der Waals surface area contributed by atoms with Crippen molar-refractivity contribution in [2.75, 3.05) is 0 Å². The summed E-state index contributed by atoms with van der Waals surface area (Å²) >= 11 is 0. The van der Waals surface area contributed by atoms with Crippen LogP contribution in [0.5, 0.6) is 0 Å². The van der Waals surface area contributed by atoms with Gasteiger partial charge in [-0.05, 0) is 6.42 Å². The first-order chi connectivity index (χ1) is 5.99. The molecule has 0 amide bonds. The lowest BCUT2D eigenvalue weighted by molar-refractivity contribution is -0.529. The molecule has 0 aromatic heterocycles. The molecule has 0 N–H and O–H groups in total. The molecule has 0 saturated heterocycles. The molecule has 13 heavy (non-hydrogen) atoms. The fourth-order valence-electron chi connectivity index (χ4n) is 1.03. The van der Waals surface area contributed by atoms with Crippen molar-refractivity contribution in [3.8, 4) is 0 Å². The van der Waals surface area contributed by atoms with Gasteiger partial charge in [-0.3, -0.25) is 14.9 Å². The summed E-state index contributed by atoms with van der Waals surface area (Å²) in [5.74, 6) is -0.466. The Morgan fingerprint density at radius 2 is 2.15 bits per heavy atom. The molecule has 0 unspecified atom stereocenters. The molecule has 0 aliphatic heterocycles. The predicted molar refractivity (Wildman–Crippen MR) is 46.9 cm³/mol. The summed E-state index contributed by atoms with van der Waals surface area (Å²) in [5.41, 5.74) is 0. The van der Waals surface area contributed by atoms with Crippen LogP contribution in [0.1, 0.15) is 33.6 Å². The number of esters is 1. The number of ether oxygens (including phenoxy) is 1. The fourth-order valence-corrected chi connectivity index (χ4v) is 1.03. The van der Waals surface area contributed by atoms with E-state index in [0.717, 1.165) is 6.42 Å². The van der Waals surface area contributed by atoms with Crippen LogP contribution in [0.3, 0.4) is 0 Å². The summed E-state index contributed by atoms with van der Waals surface area (Å²) in [7, 11) is 0. The smallest absolute Gasteiger partial charge is 0.303 e. The van der Waals surface area contributed by atoms with E-state index in [4.69, 9.17) is 4.74 Å². The average molecular weight is 189 g/mol. The molecule has 0 aliphatic carbocycles. The third-order valence-corrected chi connectivity index (χ3v) is 1.76. The Morgan fingerprint density at radius 3 is 2.46 bits per heavy atom. The van der Waals surface area contributed by atoms with Crippen molar-refractivity contribution in [1.29, 1.82) is 0 Å². The van der Waals surface area contributed by atoms with E-state index < -0.39 is 23.0 Å². The Balaban J connectivity index is 4.22. The third-order valence-electron chi connectivity index (χ3n) is 1.76. The van der Waals surface area contributed by atoms with E-state index in [1.807, 2.05) is 6.92 Å². The van der Waals surface area contributed by atoms with E-state index in [-0.39, 0.29) is 0 Å². The van der Waals surface area contributed by atoms with Gasteiger partial charge in [-0.2, -0.15) is 0 Å². The first-order valence-corrected chi connectivity index (χ1v) is 4.29. The lowest BCUT2D eigenvalue weighted by atomic mass is 10.1. The molecule has 0 aromatic rings. The van der Waals surface area contributed by atoms with Crippen LogP contribution in [-0.2, 0) is 9.53 Å². The quantitative estimate of drug-likeness (QED) is 0.372. The van der Waals surface area contributed by atoms with E-state index in [1.54, 1.807) is 0 Å². The van der Waals surface area contributed by atoms with E-state index in [2.05, 4.69) is 0 Å². The van der Waals surface area contributed by atoms with Crippen LogP contribution in [0, 0.1) is 10.1 Å². The molecule has 76 valence electrons. The maximum Gasteiger partial charge on any atom is 0.303 e. The van der Waals surface area contributed by atoms with Crippen LogP contribution in [0.25, 0.3) is 0 Å². The van der Waals surface area contributed by atoms with Crippen molar-refractivity contribution in [3.05, 3.63) is 10.1 Å². The van der Waals surface area contributed by atoms with Gasteiger partial charge in [0.05, 0.1) is 0 Å². The summed E-state index contributed by atoms with van der Waals surface area (Å²) in [6, 6.07) is -0.830. The molecule has 0 heterocycles. The monoisotopic (exact) mass is 189 g/mol. The Hall–Kier alpha value is -1.13. The summed E-state index contributed by atoms with van der Waals surface area (Å²) in [5, 5.41) is 10.4. The normalized spacial score (nSPS) is 14.7. The number of nitrogens with zero attached hydrogens (tertiary/aromatic N) is 1. The number of hydrogen-bond donors (Lipinski definition) is 0. The molecule has 5 nitrogen and oxygen atoms in total. The Bertz CT molecular complexity index is 193. The van der Waals surface area contributed by atoms with Crippen LogP contribution in [0.4, 0.5) is 0 Å².